The average Bonchev–Trinajstić information content (AvgIpc) is 3.32. The van der Waals surface area contributed by atoms with Crippen LogP contribution < -0.4 is 14.2 Å². The molecule has 36 heavy (non-hydrogen) atoms. The van der Waals surface area contributed by atoms with Crippen LogP contribution in [0.3, 0.4) is 0 Å². The number of para-hydroxylation sites is 2. The average molecular weight is 502 g/mol. The highest BCUT2D eigenvalue weighted by molar-refractivity contribution is 5.92. The zero-order valence-electron chi connectivity index (χ0n) is 20.1. The van der Waals surface area contributed by atoms with E-state index in [2.05, 4.69) is 4.98 Å². The number of ether oxygens (including phenoxy) is 3. The van der Waals surface area contributed by atoms with E-state index in [1.54, 1.807) is 41.3 Å². The van der Waals surface area contributed by atoms with Gasteiger partial charge in [0, 0.05) is 25.9 Å². The highest BCUT2D eigenvalue weighted by Crippen LogP contribution is 2.48. The number of piperidine rings is 1. The Kier molecular flexibility index (Phi) is 5.84. The van der Waals surface area contributed by atoms with Crippen molar-refractivity contribution >= 4 is 5.91 Å². The Balaban J connectivity index is 1.41. The molecule has 0 N–H and O–H groups in total. The monoisotopic (exact) mass is 501 g/mol. The fourth-order valence-electron chi connectivity index (χ4n) is 4.89. The summed E-state index contributed by atoms with van der Waals surface area (Å²) < 4.78 is 60.1. The van der Waals surface area contributed by atoms with E-state index in [1.165, 1.54) is 17.7 Å². The lowest BCUT2D eigenvalue weighted by molar-refractivity contribution is -0.143. The molecule has 0 radical (unpaired) electrons. The maximum atomic E-state index is 13.8. The van der Waals surface area contributed by atoms with Crippen LogP contribution in [0.1, 0.15) is 48.6 Å². The molecule has 5 rings (SSSR count). The Morgan fingerprint density at radius 1 is 1.08 bits per heavy atom. The molecule has 4 heterocycles. The number of nitrogens with zero attached hydrogens (tertiary/aromatic N) is 3. The summed E-state index contributed by atoms with van der Waals surface area (Å²) >= 11 is 0. The van der Waals surface area contributed by atoms with Crippen molar-refractivity contribution in [2.45, 2.75) is 44.6 Å². The third-order valence-corrected chi connectivity index (χ3v) is 6.51. The van der Waals surface area contributed by atoms with E-state index in [-0.39, 0.29) is 23.6 Å². The van der Waals surface area contributed by atoms with E-state index < -0.39 is 17.5 Å². The molecule has 1 saturated heterocycles. The van der Waals surface area contributed by atoms with E-state index in [0.717, 1.165) is 6.07 Å². The number of carbonyl (C=O) groups excluding carboxylic acids is 1. The van der Waals surface area contributed by atoms with Gasteiger partial charge in [-0.05, 0) is 50.2 Å². The number of amides is 1. The lowest BCUT2D eigenvalue weighted by Gasteiger charge is -2.45. The number of rotatable bonds is 4. The molecule has 2 aromatic heterocycles. The van der Waals surface area contributed by atoms with Crippen molar-refractivity contribution in [2.75, 3.05) is 20.2 Å². The molecule has 1 amide bonds. The SMILES string of the molecule is COc1nc(C(=O)N2CCC3(CC2)Oc2ccccc2-n2c(C(F)(F)F)ccc23)ccc1OC(C)C. The van der Waals surface area contributed by atoms with Gasteiger partial charge >= 0.3 is 6.18 Å². The van der Waals surface area contributed by atoms with Gasteiger partial charge in [0.15, 0.2) is 11.4 Å². The maximum Gasteiger partial charge on any atom is 0.431 e. The summed E-state index contributed by atoms with van der Waals surface area (Å²) in [6, 6.07) is 12.5. The van der Waals surface area contributed by atoms with Gasteiger partial charge in [-0.25, -0.2) is 4.98 Å². The second-order valence-corrected chi connectivity index (χ2v) is 9.16. The second-order valence-electron chi connectivity index (χ2n) is 9.16. The minimum absolute atomic E-state index is 0.0852. The largest absolute Gasteiger partial charge is 0.485 e. The van der Waals surface area contributed by atoms with Gasteiger partial charge in [-0.3, -0.25) is 4.79 Å². The second kappa shape index (κ2) is 8.76. The molecule has 0 aliphatic carbocycles. The fourth-order valence-corrected chi connectivity index (χ4v) is 4.89. The fraction of sp³-hybridized carbons (Fsp3) is 0.385. The first kappa shape index (κ1) is 24.0. The normalized spacial score (nSPS) is 16.4. The molecular weight excluding hydrogens is 475 g/mol. The molecule has 2 aliphatic heterocycles. The molecule has 10 heteroatoms. The molecule has 0 atom stereocenters. The smallest absolute Gasteiger partial charge is 0.431 e. The Morgan fingerprint density at radius 2 is 1.81 bits per heavy atom. The van der Waals surface area contributed by atoms with Gasteiger partial charge in [0.1, 0.15) is 17.1 Å². The zero-order chi connectivity index (χ0) is 25.7. The predicted molar refractivity (Wildman–Crippen MR) is 125 cm³/mol. The number of likely N-dealkylation sites (tertiary alicyclic amines) is 1. The Hall–Kier alpha value is -3.69. The minimum atomic E-state index is -4.52. The standard InChI is InChI=1S/C26H26F3N3O4/c1-16(2)35-20-9-8-17(30-23(20)34-3)24(33)31-14-12-25(13-15-31)21-10-11-22(26(27,28)29)32(21)18-6-4-5-7-19(18)36-25/h4-11,16H,12-15H2,1-3H3. The molecule has 1 aromatic carbocycles. The van der Waals surface area contributed by atoms with Crippen LogP contribution in [-0.4, -0.2) is 46.7 Å². The highest BCUT2D eigenvalue weighted by atomic mass is 19.4. The third kappa shape index (κ3) is 4.04. The van der Waals surface area contributed by atoms with Gasteiger partial charge in [0.05, 0.1) is 24.6 Å². The van der Waals surface area contributed by atoms with Gasteiger partial charge in [-0.1, -0.05) is 12.1 Å². The van der Waals surface area contributed by atoms with Crippen molar-refractivity contribution < 1.29 is 32.2 Å². The van der Waals surface area contributed by atoms with E-state index >= 15 is 0 Å². The molecule has 2 aliphatic rings. The number of pyridine rings is 1. The molecule has 190 valence electrons. The van der Waals surface area contributed by atoms with E-state index in [0.29, 0.717) is 48.8 Å². The molecule has 7 nitrogen and oxygen atoms in total. The number of hydrogen-bond donors (Lipinski definition) is 0. The molecule has 3 aromatic rings. The molecular formula is C26H26F3N3O4. The number of hydrogen-bond acceptors (Lipinski definition) is 5. The quantitative estimate of drug-likeness (QED) is 0.491. The van der Waals surface area contributed by atoms with Crippen LogP contribution >= 0.6 is 0 Å². The Labute approximate surface area is 206 Å². The topological polar surface area (TPSA) is 65.8 Å². The van der Waals surface area contributed by atoms with Gasteiger partial charge < -0.3 is 23.7 Å². The van der Waals surface area contributed by atoms with E-state index in [9.17, 15) is 18.0 Å². The molecule has 0 bridgehead atoms. The van der Waals surface area contributed by atoms with Crippen LogP contribution in [0.5, 0.6) is 17.4 Å². The predicted octanol–water partition coefficient (Wildman–Crippen LogP) is 5.21. The van der Waals surface area contributed by atoms with Crippen molar-refractivity contribution in [1.29, 1.82) is 0 Å². The minimum Gasteiger partial charge on any atom is -0.485 e. The van der Waals surface area contributed by atoms with Crippen LogP contribution in [0.2, 0.25) is 0 Å². The van der Waals surface area contributed by atoms with Gasteiger partial charge in [0.2, 0.25) is 0 Å². The van der Waals surface area contributed by atoms with Crippen molar-refractivity contribution in [3.05, 3.63) is 65.6 Å². The van der Waals surface area contributed by atoms with Crippen LogP contribution in [0.15, 0.2) is 48.5 Å². The third-order valence-electron chi connectivity index (χ3n) is 6.51. The summed E-state index contributed by atoms with van der Waals surface area (Å²) in [6.45, 7) is 4.34. The molecule has 1 fully saturated rings. The number of halogens is 3. The number of benzene rings is 1. The van der Waals surface area contributed by atoms with Crippen LogP contribution in [0.4, 0.5) is 13.2 Å². The first-order valence-electron chi connectivity index (χ1n) is 11.7. The van der Waals surface area contributed by atoms with Crippen molar-refractivity contribution in [1.82, 2.24) is 14.5 Å². The summed E-state index contributed by atoms with van der Waals surface area (Å²) in [5, 5.41) is 0. The summed E-state index contributed by atoms with van der Waals surface area (Å²) in [6.07, 6.45) is -3.94. The van der Waals surface area contributed by atoms with Crippen molar-refractivity contribution in [2.24, 2.45) is 0 Å². The van der Waals surface area contributed by atoms with E-state index in [1.807, 2.05) is 13.8 Å². The molecule has 1 spiro atoms. The lowest BCUT2D eigenvalue weighted by Crippen LogP contribution is -2.50. The summed E-state index contributed by atoms with van der Waals surface area (Å²) in [5.41, 5.74) is -0.721. The first-order chi connectivity index (χ1) is 17.1. The number of fused-ring (bicyclic) bond motifs is 4. The number of aromatic nitrogens is 2. The van der Waals surface area contributed by atoms with Gasteiger partial charge in [0.25, 0.3) is 11.8 Å². The zero-order valence-corrected chi connectivity index (χ0v) is 20.1. The molecule has 0 unspecified atom stereocenters. The van der Waals surface area contributed by atoms with E-state index in [4.69, 9.17) is 14.2 Å². The number of methoxy groups -OCH3 is 1. The Bertz CT molecular complexity index is 1290. The Morgan fingerprint density at radius 3 is 2.47 bits per heavy atom. The number of alkyl halides is 3. The van der Waals surface area contributed by atoms with Crippen LogP contribution in [-0.2, 0) is 11.8 Å². The number of carbonyl (C=O) groups is 1. The lowest BCUT2D eigenvalue weighted by atomic mass is 9.86. The van der Waals surface area contributed by atoms with Gasteiger partial charge in [-0.15, -0.1) is 0 Å². The summed E-state index contributed by atoms with van der Waals surface area (Å²) in [4.78, 5) is 19.2. The summed E-state index contributed by atoms with van der Waals surface area (Å²) in [5.74, 6) is 0.755. The maximum absolute atomic E-state index is 13.8. The van der Waals surface area contributed by atoms with Crippen molar-refractivity contribution in [3.8, 4) is 23.1 Å². The first-order valence-corrected chi connectivity index (χ1v) is 11.7. The molecule has 0 saturated carbocycles. The summed E-state index contributed by atoms with van der Waals surface area (Å²) in [7, 11) is 1.46. The van der Waals surface area contributed by atoms with Crippen LogP contribution in [0, 0.1) is 0 Å². The highest BCUT2D eigenvalue weighted by Gasteiger charge is 2.48. The van der Waals surface area contributed by atoms with Crippen LogP contribution in [0.25, 0.3) is 5.69 Å². The van der Waals surface area contributed by atoms with Crippen molar-refractivity contribution in [3.63, 3.8) is 0 Å². The van der Waals surface area contributed by atoms with Gasteiger partial charge in [-0.2, -0.15) is 13.2 Å².